The number of aryl methyl sites for hydroxylation is 1. The molecule has 2 aromatic heterocycles. The highest BCUT2D eigenvalue weighted by Crippen LogP contribution is 2.08. The van der Waals surface area contributed by atoms with Crippen molar-refractivity contribution >= 4 is 11.7 Å². The van der Waals surface area contributed by atoms with Crippen molar-refractivity contribution in [3.8, 4) is 0 Å². The number of carbonyl (C=O) groups is 1. The highest BCUT2D eigenvalue weighted by Gasteiger charge is 2.14. The summed E-state index contributed by atoms with van der Waals surface area (Å²) in [5.41, 5.74) is 0.543. The van der Waals surface area contributed by atoms with Crippen molar-refractivity contribution in [3.63, 3.8) is 0 Å². The molecule has 0 radical (unpaired) electrons. The van der Waals surface area contributed by atoms with Gasteiger partial charge in [0.15, 0.2) is 5.82 Å². The van der Waals surface area contributed by atoms with Gasteiger partial charge in [-0.25, -0.2) is 9.97 Å². The molecule has 7 heteroatoms. The molecule has 7 nitrogen and oxygen atoms in total. The van der Waals surface area contributed by atoms with Crippen LogP contribution in [0.15, 0.2) is 18.3 Å². The van der Waals surface area contributed by atoms with Crippen molar-refractivity contribution in [2.45, 2.75) is 20.4 Å². The van der Waals surface area contributed by atoms with Crippen LogP contribution in [-0.2, 0) is 6.54 Å². The molecule has 0 bridgehead atoms. The Hall–Kier alpha value is -2.44. The van der Waals surface area contributed by atoms with E-state index in [9.17, 15) is 4.79 Å². The van der Waals surface area contributed by atoms with Gasteiger partial charge in [0, 0.05) is 19.8 Å². The molecule has 0 spiro atoms. The van der Waals surface area contributed by atoms with Crippen LogP contribution in [-0.4, -0.2) is 44.6 Å². The third-order valence-electron chi connectivity index (χ3n) is 2.74. The van der Waals surface area contributed by atoms with Crippen molar-refractivity contribution < 1.29 is 4.79 Å². The predicted molar refractivity (Wildman–Crippen MR) is 75.3 cm³/mol. The van der Waals surface area contributed by atoms with E-state index in [1.807, 2.05) is 13.8 Å². The molecular formula is C13H18N6O. The summed E-state index contributed by atoms with van der Waals surface area (Å²) in [6, 6.07) is 3.55. The Morgan fingerprint density at radius 3 is 2.80 bits per heavy atom. The van der Waals surface area contributed by atoms with E-state index in [1.165, 1.54) is 0 Å². The molecular weight excluding hydrogens is 256 g/mol. The van der Waals surface area contributed by atoms with Gasteiger partial charge in [0.05, 0.1) is 12.1 Å². The van der Waals surface area contributed by atoms with E-state index in [4.69, 9.17) is 0 Å². The summed E-state index contributed by atoms with van der Waals surface area (Å²) in [4.78, 5) is 22.2. The van der Waals surface area contributed by atoms with E-state index in [0.717, 1.165) is 18.2 Å². The van der Waals surface area contributed by atoms with Crippen LogP contribution in [0.25, 0.3) is 0 Å². The number of carbonyl (C=O) groups excluding carboxylic acids is 1. The summed E-state index contributed by atoms with van der Waals surface area (Å²) in [5, 5.41) is 9.85. The largest absolute Gasteiger partial charge is 0.370 e. The smallest absolute Gasteiger partial charge is 0.255 e. The molecule has 106 valence electrons. The molecule has 0 aromatic carbocycles. The lowest BCUT2D eigenvalue weighted by atomic mass is 10.2. The van der Waals surface area contributed by atoms with Gasteiger partial charge in [-0.15, -0.1) is 0 Å². The number of nitrogens with one attached hydrogen (secondary N) is 2. The van der Waals surface area contributed by atoms with E-state index in [-0.39, 0.29) is 5.91 Å². The molecule has 0 aliphatic heterocycles. The Labute approximate surface area is 117 Å². The number of amides is 1. The fourth-order valence-corrected chi connectivity index (χ4v) is 1.77. The van der Waals surface area contributed by atoms with E-state index in [0.29, 0.717) is 17.9 Å². The average Bonchev–Trinajstić information content (AvgIpc) is 2.84. The van der Waals surface area contributed by atoms with Crippen molar-refractivity contribution in [3.05, 3.63) is 35.5 Å². The van der Waals surface area contributed by atoms with Gasteiger partial charge in [-0.1, -0.05) is 0 Å². The molecule has 1 amide bonds. The van der Waals surface area contributed by atoms with Gasteiger partial charge in [-0.2, -0.15) is 5.10 Å². The van der Waals surface area contributed by atoms with Crippen LogP contribution < -0.4 is 5.32 Å². The lowest BCUT2D eigenvalue weighted by molar-refractivity contribution is 0.0781. The number of rotatable bonds is 5. The van der Waals surface area contributed by atoms with Crippen LogP contribution in [0.4, 0.5) is 5.82 Å². The second-order valence-electron chi connectivity index (χ2n) is 4.46. The molecule has 0 saturated heterocycles. The molecule has 0 saturated carbocycles. The zero-order valence-electron chi connectivity index (χ0n) is 11.8. The first-order valence-corrected chi connectivity index (χ1v) is 6.43. The zero-order chi connectivity index (χ0) is 14.5. The molecule has 0 unspecified atom stereocenters. The number of pyridine rings is 1. The highest BCUT2D eigenvalue weighted by molar-refractivity contribution is 5.93. The average molecular weight is 274 g/mol. The van der Waals surface area contributed by atoms with Gasteiger partial charge >= 0.3 is 0 Å². The van der Waals surface area contributed by atoms with Crippen molar-refractivity contribution in [2.75, 3.05) is 18.9 Å². The number of hydrogen-bond acceptors (Lipinski definition) is 5. The quantitative estimate of drug-likeness (QED) is 0.856. The molecule has 2 rings (SSSR count). The maximum Gasteiger partial charge on any atom is 0.255 e. The van der Waals surface area contributed by atoms with Gasteiger partial charge in [-0.05, 0) is 26.0 Å². The number of anilines is 1. The molecule has 2 N–H and O–H groups in total. The second kappa shape index (κ2) is 6.14. The molecule has 0 aliphatic carbocycles. The maximum atomic E-state index is 12.2. The third kappa shape index (κ3) is 3.31. The fourth-order valence-electron chi connectivity index (χ4n) is 1.77. The van der Waals surface area contributed by atoms with Crippen LogP contribution in [0, 0.1) is 6.92 Å². The molecule has 2 heterocycles. The van der Waals surface area contributed by atoms with Gasteiger partial charge in [-0.3, -0.25) is 9.89 Å². The van der Waals surface area contributed by atoms with Gasteiger partial charge in [0.2, 0.25) is 0 Å². The van der Waals surface area contributed by atoms with E-state index < -0.39 is 0 Å². The number of H-pyrrole nitrogens is 1. The summed E-state index contributed by atoms with van der Waals surface area (Å²) >= 11 is 0. The number of aromatic nitrogens is 4. The number of aromatic amines is 1. The predicted octanol–water partition coefficient (Wildman–Crippen LogP) is 1.21. The van der Waals surface area contributed by atoms with Crippen LogP contribution in [0.5, 0.6) is 0 Å². The number of nitrogens with zero attached hydrogens (tertiary/aromatic N) is 4. The van der Waals surface area contributed by atoms with Crippen LogP contribution in [0.1, 0.15) is 28.9 Å². The minimum atomic E-state index is -0.108. The Kier molecular flexibility index (Phi) is 4.29. The van der Waals surface area contributed by atoms with E-state index in [1.54, 1.807) is 30.3 Å². The Morgan fingerprint density at radius 2 is 2.25 bits per heavy atom. The summed E-state index contributed by atoms with van der Waals surface area (Å²) in [5.74, 6) is 1.98. The topological polar surface area (TPSA) is 86.8 Å². The van der Waals surface area contributed by atoms with Crippen molar-refractivity contribution in [1.29, 1.82) is 0 Å². The standard InChI is InChI=1S/C13H18N6O/c1-4-14-11-6-5-10(7-15-11)13(20)19(3)8-12-16-9(2)17-18-12/h5-7H,4,8H2,1-3H3,(H,14,15)(H,16,17,18). The minimum Gasteiger partial charge on any atom is -0.370 e. The van der Waals surface area contributed by atoms with Gasteiger partial charge in [0.1, 0.15) is 11.6 Å². The molecule has 0 aliphatic rings. The Morgan fingerprint density at radius 1 is 1.45 bits per heavy atom. The monoisotopic (exact) mass is 274 g/mol. The molecule has 0 fully saturated rings. The van der Waals surface area contributed by atoms with Crippen molar-refractivity contribution in [1.82, 2.24) is 25.1 Å². The van der Waals surface area contributed by atoms with Crippen LogP contribution in [0.3, 0.4) is 0 Å². The number of hydrogen-bond donors (Lipinski definition) is 2. The molecule has 0 atom stereocenters. The lowest BCUT2D eigenvalue weighted by Gasteiger charge is -2.15. The Balaban J connectivity index is 2.02. The lowest BCUT2D eigenvalue weighted by Crippen LogP contribution is -2.26. The summed E-state index contributed by atoms with van der Waals surface area (Å²) in [6.07, 6.45) is 1.57. The second-order valence-corrected chi connectivity index (χ2v) is 4.46. The first kappa shape index (κ1) is 14.0. The first-order chi connectivity index (χ1) is 9.60. The Bertz CT molecular complexity index is 577. The molecule has 2 aromatic rings. The van der Waals surface area contributed by atoms with Crippen LogP contribution >= 0.6 is 0 Å². The van der Waals surface area contributed by atoms with Gasteiger partial charge < -0.3 is 10.2 Å². The summed E-state index contributed by atoms with van der Waals surface area (Å²) < 4.78 is 0. The minimum absolute atomic E-state index is 0.108. The van der Waals surface area contributed by atoms with E-state index >= 15 is 0 Å². The highest BCUT2D eigenvalue weighted by atomic mass is 16.2. The summed E-state index contributed by atoms with van der Waals surface area (Å²) in [7, 11) is 1.71. The maximum absolute atomic E-state index is 12.2. The van der Waals surface area contributed by atoms with E-state index in [2.05, 4.69) is 25.5 Å². The summed E-state index contributed by atoms with van der Waals surface area (Å²) in [6.45, 7) is 4.97. The third-order valence-corrected chi connectivity index (χ3v) is 2.74. The SMILES string of the molecule is CCNc1ccc(C(=O)N(C)Cc2n[nH]c(C)n2)cn1. The fraction of sp³-hybridized carbons (Fsp3) is 0.385. The van der Waals surface area contributed by atoms with Gasteiger partial charge in [0.25, 0.3) is 5.91 Å². The van der Waals surface area contributed by atoms with Crippen LogP contribution in [0.2, 0.25) is 0 Å². The molecule has 20 heavy (non-hydrogen) atoms. The first-order valence-electron chi connectivity index (χ1n) is 6.43. The van der Waals surface area contributed by atoms with Crippen molar-refractivity contribution in [2.24, 2.45) is 0 Å². The zero-order valence-corrected chi connectivity index (χ0v) is 11.8. The normalized spacial score (nSPS) is 10.3.